The van der Waals surface area contributed by atoms with Gasteiger partial charge < -0.3 is 15.5 Å². The number of aromatic nitrogens is 2. The monoisotopic (exact) mass is 453 g/mol. The number of hydrogen-bond acceptors (Lipinski definition) is 5. The average molecular weight is 454 g/mol. The molecule has 0 saturated carbocycles. The number of carbonyl (C=O) groups excluding carboxylic acids is 2. The molecule has 0 saturated heterocycles. The molecule has 2 heterocycles. The zero-order valence-corrected chi connectivity index (χ0v) is 19.2. The molecule has 1 aromatic carbocycles. The number of rotatable bonds is 10. The Bertz CT molecular complexity index is 1150. The van der Waals surface area contributed by atoms with E-state index < -0.39 is 11.2 Å². The van der Waals surface area contributed by atoms with E-state index >= 15 is 0 Å². The quantitative estimate of drug-likeness (QED) is 0.573. The molecule has 3 N–H and O–H groups in total. The van der Waals surface area contributed by atoms with Crippen molar-refractivity contribution in [2.24, 2.45) is 0 Å². The summed E-state index contributed by atoms with van der Waals surface area (Å²) in [5, 5.41) is 0. The predicted molar refractivity (Wildman–Crippen MR) is 129 cm³/mol. The van der Waals surface area contributed by atoms with Gasteiger partial charge in [0.1, 0.15) is 5.82 Å². The van der Waals surface area contributed by atoms with Crippen LogP contribution in [0.1, 0.15) is 61.9 Å². The lowest BCUT2D eigenvalue weighted by Gasteiger charge is -2.26. The molecule has 2 aromatic rings. The van der Waals surface area contributed by atoms with E-state index in [2.05, 4.69) is 11.6 Å². The van der Waals surface area contributed by atoms with Crippen molar-refractivity contribution in [1.29, 1.82) is 0 Å². The second kappa shape index (κ2) is 10.3. The lowest BCUT2D eigenvalue weighted by atomic mass is 10.1. The van der Waals surface area contributed by atoms with Crippen LogP contribution in [0.5, 0.6) is 0 Å². The van der Waals surface area contributed by atoms with E-state index in [-0.39, 0.29) is 42.8 Å². The number of nitrogens with zero attached hydrogens (tertiary/aromatic N) is 3. The molecule has 0 unspecified atom stereocenters. The van der Waals surface area contributed by atoms with Crippen LogP contribution in [0.2, 0.25) is 0 Å². The number of aromatic amines is 1. The predicted octanol–water partition coefficient (Wildman–Crippen LogP) is 2.57. The fraction of sp³-hybridized carbons (Fsp3) is 0.417. The van der Waals surface area contributed by atoms with Gasteiger partial charge in [-0.25, -0.2) is 4.79 Å². The largest absolute Gasteiger partial charge is 0.383 e. The Morgan fingerprint density at radius 3 is 2.36 bits per heavy atom. The summed E-state index contributed by atoms with van der Waals surface area (Å²) in [5.41, 5.74) is 6.79. The van der Waals surface area contributed by atoms with Crippen molar-refractivity contribution in [1.82, 2.24) is 14.5 Å². The Balaban J connectivity index is 1.86. The van der Waals surface area contributed by atoms with Gasteiger partial charge in [0.05, 0.1) is 0 Å². The van der Waals surface area contributed by atoms with Gasteiger partial charge in [-0.2, -0.15) is 0 Å². The molecule has 0 fully saturated rings. The Morgan fingerprint density at radius 1 is 1.06 bits per heavy atom. The van der Waals surface area contributed by atoms with Crippen LogP contribution < -0.4 is 21.9 Å². The molecule has 0 spiro atoms. The number of H-pyrrole nitrogens is 1. The van der Waals surface area contributed by atoms with E-state index in [9.17, 15) is 19.2 Å². The molecular weight excluding hydrogens is 422 g/mol. The summed E-state index contributed by atoms with van der Waals surface area (Å²) >= 11 is 0. The summed E-state index contributed by atoms with van der Waals surface area (Å²) < 4.78 is 1.30. The van der Waals surface area contributed by atoms with Gasteiger partial charge in [-0.3, -0.25) is 23.9 Å². The van der Waals surface area contributed by atoms with Crippen molar-refractivity contribution in [3.63, 3.8) is 0 Å². The number of carbonyl (C=O) groups is 2. The third-order valence-corrected chi connectivity index (χ3v) is 5.84. The van der Waals surface area contributed by atoms with Gasteiger partial charge in [0.2, 0.25) is 5.91 Å². The maximum absolute atomic E-state index is 13.3. The summed E-state index contributed by atoms with van der Waals surface area (Å²) in [5.74, 6) is -0.567. The summed E-state index contributed by atoms with van der Waals surface area (Å²) in [7, 11) is 0. The van der Waals surface area contributed by atoms with E-state index in [1.807, 2.05) is 26.0 Å². The zero-order chi connectivity index (χ0) is 24.1. The first-order valence-electron chi connectivity index (χ1n) is 11.3. The van der Waals surface area contributed by atoms with E-state index in [1.54, 1.807) is 12.1 Å². The topological polar surface area (TPSA) is 121 Å². The minimum atomic E-state index is -0.691. The van der Waals surface area contributed by atoms with Gasteiger partial charge in [0, 0.05) is 42.9 Å². The molecule has 9 heteroatoms. The van der Waals surface area contributed by atoms with Crippen molar-refractivity contribution < 1.29 is 9.59 Å². The summed E-state index contributed by atoms with van der Waals surface area (Å²) in [6.07, 6.45) is 2.98. The normalized spacial score (nSPS) is 12.8. The number of nitrogens with two attached hydrogens (primary N) is 1. The first-order valence-corrected chi connectivity index (χ1v) is 11.3. The molecule has 9 nitrogen and oxygen atoms in total. The van der Waals surface area contributed by atoms with Gasteiger partial charge in [-0.1, -0.05) is 51.5 Å². The molecule has 3 rings (SSSR count). The summed E-state index contributed by atoms with van der Waals surface area (Å²) in [4.78, 5) is 56.1. The fourth-order valence-electron chi connectivity index (χ4n) is 3.97. The maximum atomic E-state index is 13.3. The number of hydrogen-bond donors (Lipinski definition) is 2. The van der Waals surface area contributed by atoms with Crippen LogP contribution in [0.4, 0.5) is 11.5 Å². The Labute approximate surface area is 192 Å². The molecule has 1 aliphatic heterocycles. The zero-order valence-electron chi connectivity index (χ0n) is 19.2. The second-order valence-corrected chi connectivity index (χ2v) is 8.10. The Kier molecular flexibility index (Phi) is 7.52. The van der Waals surface area contributed by atoms with E-state index in [4.69, 9.17) is 5.73 Å². The number of unbranched alkanes of at least 4 members (excludes halogenated alkanes) is 2. The number of anilines is 2. The van der Waals surface area contributed by atoms with Gasteiger partial charge in [-0.15, -0.1) is 0 Å². The minimum Gasteiger partial charge on any atom is -0.383 e. The number of amides is 2. The van der Waals surface area contributed by atoms with Crippen molar-refractivity contribution in [2.45, 2.75) is 52.5 Å². The maximum Gasteiger partial charge on any atom is 0.330 e. The summed E-state index contributed by atoms with van der Waals surface area (Å²) in [6.45, 7) is 8.72. The molecule has 1 aromatic heterocycles. The standard InChI is InChI=1S/C24H31N5O4/c1-4-6-13-28(20-21(25)29(14-7-5-2)24(33)26-22(20)31)19(30)12-15-27-16(3)17-10-8-9-11-18(17)23(27)32/h8-11H,3-7,12-15,25H2,1-2H3,(H,26,31,33). The molecule has 0 atom stereocenters. The van der Waals surface area contributed by atoms with Gasteiger partial charge >= 0.3 is 5.69 Å². The van der Waals surface area contributed by atoms with E-state index in [0.29, 0.717) is 30.6 Å². The lowest BCUT2D eigenvalue weighted by molar-refractivity contribution is -0.118. The highest BCUT2D eigenvalue weighted by atomic mass is 16.2. The first-order chi connectivity index (χ1) is 15.8. The van der Waals surface area contributed by atoms with Crippen LogP contribution in [0.3, 0.4) is 0 Å². The van der Waals surface area contributed by atoms with Crippen LogP contribution in [0.15, 0.2) is 40.4 Å². The van der Waals surface area contributed by atoms with Crippen molar-refractivity contribution in [2.75, 3.05) is 23.7 Å². The Morgan fingerprint density at radius 2 is 1.73 bits per heavy atom. The molecule has 176 valence electrons. The molecule has 2 amide bonds. The van der Waals surface area contributed by atoms with Crippen molar-refractivity contribution in [3.05, 3.63) is 62.8 Å². The van der Waals surface area contributed by atoms with Crippen LogP contribution in [0.25, 0.3) is 5.70 Å². The minimum absolute atomic E-state index is 0.0148. The molecule has 33 heavy (non-hydrogen) atoms. The molecule has 0 radical (unpaired) electrons. The highest BCUT2D eigenvalue weighted by molar-refractivity contribution is 6.09. The number of nitrogen functional groups attached to an aromatic ring is 1. The van der Waals surface area contributed by atoms with Gasteiger partial charge in [-0.05, 0) is 18.9 Å². The number of benzene rings is 1. The summed E-state index contributed by atoms with van der Waals surface area (Å²) in [6, 6.07) is 7.18. The van der Waals surface area contributed by atoms with Gasteiger partial charge in [0.25, 0.3) is 11.5 Å². The van der Waals surface area contributed by atoms with Crippen LogP contribution >= 0.6 is 0 Å². The SMILES string of the molecule is C=C1c2ccccc2C(=O)N1CCC(=O)N(CCCC)c1c(N)n(CCCC)c(=O)[nH]c1=O. The lowest BCUT2D eigenvalue weighted by Crippen LogP contribution is -2.42. The van der Waals surface area contributed by atoms with Crippen molar-refractivity contribution >= 4 is 29.0 Å². The van der Waals surface area contributed by atoms with Gasteiger partial charge in [0.15, 0.2) is 5.69 Å². The highest BCUT2D eigenvalue weighted by Crippen LogP contribution is 2.31. The number of fused-ring (bicyclic) bond motifs is 1. The molecule has 1 aliphatic rings. The van der Waals surface area contributed by atoms with Crippen molar-refractivity contribution in [3.8, 4) is 0 Å². The molecule has 0 aliphatic carbocycles. The average Bonchev–Trinajstić information content (AvgIpc) is 3.04. The highest BCUT2D eigenvalue weighted by Gasteiger charge is 2.32. The third kappa shape index (κ3) is 4.76. The van der Waals surface area contributed by atoms with E-state index in [0.717, 1.165) is 18.4 Å². The van der Waals surface area contributed by atoms with E-state index in [1.165, 1.54) is 14.4 Å². The third-order valence-electron chi connectivity index (χ3n) is 5.84. The van der Waals surface area contributed by atoms with Crippen LogP contribution in [-0.2, 0) is 11.3 Å². The first kappa shape index (κ1) is 24.0. The fourth-order valence-corrected chi connectivity index (χ4v) is 3.97. The molecule has 0 bridgehead atoms. The number of nitrogens with one attached hydrogen (secondary N) is 1. The van der Waals surface area contributed by atoms with Crippen LogP contribution in [-0.4, -0.2) is 39.4 Å². The Hall–Kier alpha value is -3.62. The molecular formula is C24H31N5O4. The van der Waals surface area contributed by atoms with Crippen LogP contribution in [0, 0.1) is 0 Å². The second-order valence-electron chi connectivity index (χ2n) is 8.10. The smallest absolute Gasteiger partial charge is 0.330 e.